The zero-order valence-electron chi connectivity index (χ0n) is 14.9. The second-order valence-corrected chi connectivity index (χ2v) is 6.53. The number of hydrogen-bond donors (Lipinski definition) is 3. The highest BCUT2D eigenvalue weighted by Crippen LogP contribution is 2.26. The lowest BCUT2D eigenvalue weighted by Gasteiger charge is -2.22. The molecule has 2 aromatic carbocycles. The van der Waals surface area contributed by atoms with Crippen molar-refractivity contribution in [3.05, 3.63) is 65.2 Å². The maximum absolute atomic E-state index is 12.8. The monoisotopic (exact) mass is 339 g/mol. The number of hydrazine groups is 1. The van der Waals surface area contributed by atoms with Gasteiger partial charge in [0.2, 0.25) is 5.91 Å². The average molecular weight is 339 g/mol. The van der Waals surface area contributed by atoms with E-state index in [1.54, 1.807) is 7.11 Å². The first-order valence-corrected chi connectivity index (χ1v) is 8.58. The smallest absolute Gasteiger partial charge is 0.226 e. The van der Waals surface area contributed by atoms with Gasteiger partial charge in [0, 0.05) is 6.54 Å². The minimum Gasteiger partial charge on any atom is -0.497 e. The Morgan fingerprint density at radius 2 is 2.00 bits per heavy atom. The van der Waals surface area contributed by atoms with Gasteiger partial charge in [0.1, 0.15) is 5.75 Å². The van der Waals surface area contributed by atoms with Crippen LogP contribution >= 0.6 is 0 Å². The number of nitrogens with one attached hydrogen (secondary N) is 3. The van der Waals surface area contributed by atoms with Gasteiger partial charge in [0.15, 0.2) is 0 Å². The van der Waals surface area contributed by atoms with Gasteiger partial charge in [-0.1, -0.05) is 42.0 Å². The molecular weight excluding hydrogens is 314 g/mol. The van der Waals surface area contributed by atoms with E-state index in [2.05, 4.69) is 41.3 Å². The van der Waals surface area contributed by atoms with Gasteiger partial charge in [-0.2, -0.15) is 0 Å². The number of carbonyl (C=O) groups excluding carboxylic acids is 1. The van der Waals surface area contributed by atoms with Crippen molar-refractivity contribution in [3.8, 4) is 5.75 Å². The molecule has 3 rings (SSSR count). The summed E-state index contributed by atoms with van der Waals surface area (Å²) in [5.74, 6) is 0.709. The molecule has 3 atom stereocenters. The van der Waals surface area contributed by atoms with Gasteiger partial charge < -0.3 is 10.1 Å². The normalized spacial score (nSPS) is 20.9. The highest BCUT2D eigenvalue weighted by molar-refractivity contribution is 5.80. The zero-order valence-corrected chi connectivity index (χ0v) is 14.9. The standard InChI is InChI=1S/C20H25N3O2/c1-13-5-4-6-16(11-13)19-18(12-21-23-19)20(24)22-14(2)15-7-9-17(25-3)10-8-15/h4-11,14,18-19,21,23H,12H2,1-3H3,(H,22,24). The lowest BCUT2D eigenvalue weighted by Crippen LogP contribution is -2.36. The maximum Gasteiger partial charge on any atom is 0.226 e. The van der Waals surface area contributed by atoms with Crippen LogP contribution in [0.15, 0.2) is 48.5 Å². The Morgan fingerprint density at radius 3 is 2.68 bits per heavy atom. The van der Waals surface area contributed by atoms with Gasteiger partial charge in [-0.3, -0.25) is 10.2 Å². The highest BCUT2D eigenvalue weighted by atomic mass is 16.5. The van der Waals surface area contributed by atoms with Gasteiger partial charge in [0.25, 0.3) is 0 Å². The topological polar surface area (TPSA) is 62.4 Å². The van der Waals surface area contributed by atoms with Crippen LogP contribution in [-0.4, -0.2) is 19.6 Å². The fourth-order valence-electron chi connectivity index (χ4n) is 3.22. The Labute approximate surface area is 148 Å². The molecule has 5 nitrogen and oxygen atoms in total. The molecule has 1 saturated heterocycles. The van der Waals surface area contributed by atoms with Gasteiger partial charge in [-0.15, -0.1) is 0 Å². The van der Waals surface area contributed by atoms with E-state index in [-0.39, 0.29) is 23.9 Å². The molecule has 0 bridgehead atoms. The average Bonchev–Trinajstić information content (AvgIpc) is 3.11. The van der Waals surface area contributed by atoms with Crippen LogP contribution in [0.25, 0.3) is 0 Å². The SMILES string of the molecule is COc1ccc(C(C)NC(=O)C2CNNC2c2cccc(C)c2)cc1. The summed E-state index contributed by atoms with van der Waals surface area (Å²) in [5.41, 5.74) is 9.73. The fourth-order valence-corrected chi connectivity index (χ4v) is 3.22. The zero-order chi connectivity index (χ0) is 17.8. The number of carbonyl (C=O) groups is 1. The summed E-state index contributed by atoms with van der Waals surface area (Å²) < 4.78 is 5.18. The van der Waals surface area contributed by atoms with Crippen molar-refractivity contribution in [2.75, 3.05) is 13.7 Å². The van der Waals surface area contributed by atoms with E-state index in [1.807, 2.05) is 37.3 Å². The van der Waals surface area contributed by atoms with Crippen LogP contribution in [0.3, 0.4) is 0 Å². The molecule has 1 aliphatic rings. The van der Waals surface area contributed by atoms with Crippen molar-refractivity contribution in [2.45, 2.75) is 25.9 Å². The van der Waals surface area contributed by atoms with Crippen LogP contribution in [0.2, 0.25) is 0 Å². The van der Waals surface area contributed by atoms with E-state index in [0.29, 0.717) is 6.54 Å². The van der Waals surface area contributed by atoms with E-state index >= 15 is 0 Å². The summed E-state index contributed by atoms with van der Waals surface area (Å²) in [6, 6.07) is 16.0. The Morgan fingerprint density at radius 1 is 1.24 bits per heavy atom. The van der Waals surface area contributed by atoms with E-state index in [9.17, 15) is 4.79 Å². The van der Waals surface area contributed by atoms with Crippen LogP contribution in [0, 0.1) is 12.8 Å². The first kappa shape index (κ1) is 17.5. The first-order valence-electron chi connectivity index (χ1n) is 8.58. The molecule has 2 aromatic rings. The molecule has 1 fully saturated rings. The third kappa shape index (κ3) is 4.00. The Kier molecular flexibility index (Phi) is 5.36. The fraction of sp³-hybridized carbons (Fsp3) is 0.350. The molecule has 1 heterocycles. The van der Waals surface area contributed by atoms with Gasteiger partial charge in [-0.25, -0.2) is 5.43 Å². The van der Waals surface area contributed by atoms with Gasteiger partial charge in [-0.05, 0) is 37.1 Å². The molecule has 1 aliphatic heterocycles. The molecule has 0 radical (unpaired) electrons. The minimum atomic E-state index is -0.150. The quantitative estimate of drug-likeness (QED) is 0.784. The predicted molar refractivity (Wildman–Crippen MR) is 98.1 cm³/mol. The molecule has 0 spiro atoms. The van der Waals surface area contributed by atoms with E-state index in [1.165, 1.54) is 5.56 Å². The Hall–Kier alpha value is -2.37. The van der Waals surface area contributed by atoms with Crippen molar-refractivity contribution in [3.63, 3.8) is 0 Å². The summed E-state index contributed by atoms with van der Waals surface area (Å²) in [5, 5.41) is 3.13. The molecule has 0 aromatic heterocycles. The van der Waals surface area contributed by atoms with Gasteiger partial charge >= 0.3 is 0 Å². The van der Waals surface area contributed by atoms with Crippen molar-refractivity contribution >= 4 is 5.91 Å². The summed E-state index contributed by atoms with van der Waals surface area (Å²) in [4.78, 5) is 12.8. The first-order chi connectivity index (χ1) is 12.1. The van der Waals surface area contributed by atoms with Crippen LogP contribution < -0.4 is 20.9 Å². The molecule has 3 N–H and O–H groups in total. The molecule has 0 saturated carbocycles. The summed E-state index contributed by atoms with van der Waals surface area (Å²) >= 11 is 0. The van der Waals surface area contributed by atoms with Gasteiger partial charge in [0.05, 0.1) is 25.1 Å². The molecule has 132 valence electrons. The van der Waals surface area contributed by atoms with Crippen LogP contribution in [0.4, 0.5) is 0 Å². The molecule has 1 amide bonds. The number of ether oxygens (including phenoxy) is 1. The number of hydrogen-bond acceptors (Lipinski definition) is 4. The lowest BCUT2D eigenvalue weighted by atomic mass is 9.93. The maximum atomic E-state index is 12.8. The second-order valence-electron chi connectivity index (χ2n) is 6.53. The number of rotatable bonds is 5. The van der Waals surface area contributed by atoms with Crippen LogP contribution in [0.1, 0.15) is 35.7 Å². The van der Waals surface area contributed by atoms with Crippen LogP contribution in [-0.2, 0) is 4.79 Å². The van der Waals surface area contributed by atoms with E-state index < -0.39 is 0 Å². The molecule has 0 aliphatic carbocycles. The Bertz CT molecular complexity index is 730. The summed E-state index contributed by atoms with van der Waals surface area (Å²) in [6.45, 7) is 4.67. The largest absolute Gasteiger partial charge is 0.497 e. The lowest BCUT2D eigenvalue weighted by molar-refractivity contribution is -0.125. The van der Waals surface area contributed by atoms with E-state index in [0.717, 1.165) is 16.9 Å². The number of amides is 1. The third-order valence-corrected chi connectivity index (χ3v) is 4.69. The molecule has 25 heavy (non-hydrogen) atoms. The third-order valence-electron chi connectivity index (χ3n) is 4.69. The number of benzene rings is 2. The number of aryl methyl sites for hydroxylation is 1. The summed E-state index contributed by atoms with van der Waals surface area (Å²) in [6.07, 6.45) is 0. The molecule has 5 heteroatoms. The number of methoxy groups -OCH3 is 1. The minimum absolute atomic E-state index is 0.0250. The predicted octanol–water partition coefficient (Wildman–Crippen LogP) is 2.65. The molecule has 3 unspecified atom stereocenters. The Balaban J connectivity index is 1.68. The van der Waals surface area contributed by atoms with Crippen molar-refractivity contribution in [2.24, 2.45) is 5.92 Å². The van der Waals surface area contributed by atoms with Crippen molar-refractivity contribution in [1.29, 1.82) is 0 Å². The highest BCUT2D eigenvalue weighted by Gasteiger charge is 2.34. The van der Waals surface area contributed by atoms with Crippen molar-refractivity contribution < 1.29 is 9.53 Å². The molecular formula is C20H25N3O2. The van der Waals surface area contributed by atoms with Crippen molar-refractivity contribution in [1.82, 2.24) is 16.2 Å². The second kappa shape index (κ2) is 7.68. The van der Waals surface area contributed by atoms with E-state index in [4.69, 9.17) is 4.74 Å². The summed E-state index contributed by atoms with van der Waals surface area (Å²) in [7, 11) is 1.64. The van der Waals surface area contributed by atoms with Crippen LogP contribution in [0.5, 0.6) is 5.75 Å².